The normalized spacial score (nSPS) is 25.4. The van der Waals surface area contributed by atoms with Crippen molar-refractivity contribution in [2.24, 2.45) is 0 Å². The largest absolute Gasteiger partial charge is 0.335 e. The Morgan fingerprint density at radius 3 is 1.70 bits per heavy atom. The summed E-state index contributed by atoms with van der Waals surface area (Å²) >= 11 is 0. The molecule has 7 aromatic rings. The number of hydrogen-bond acceptors (Lipinski definition) is 3. The lowest BCUT2D eigenvalue weighted by Gasteiger charge is -2.53. The third kappa shape index (κ3) is 5.27. The van der Waals surface area contributed by atoms with Gasteiger partial charge >= 0.3 is 0 Å². The minimum Gasteiger partial charge on any atom is -0.335 e. The molecular formula is C61H62BN3Si. The van der Waals surface area contributed by atoms with E-state index >= 15 is 0 Å². The highest BCUT2D eigenvalue weighted by molar-refractivity contribution is 7.00. The molecule has 4 aliphatic heterocycles. The molecule has 328 valence electrons. The first-order valence-corrected chi connectivity index (χ1v) is 28.6. The number of hydrogen-bond donors (Lipinski definition) is 0. The van der Waals surface area contributed by atoms with Crippen LogP contribution in [0.25, 0.3) is 22.3 Å². The van der Waals surface area contributed by atoms with Crippen LogP contribution in [0.5, 0.6) is 0 Å². The molecule has 2 aliphatic carbocycles. The highest BCUT2D eigenvalue weighted by Crippen LogP contribution is 2.64. The lowest BCUT2D eigenvalue weighted by molar-refractivity contribution is 0.194. The van der Waals surface area contributed by atoms with Crippen LogP contribution >= 0.6 is 0 Å². The van der Waals surface area contributed by atoms with Crippen molar-refractivity contribution < 1.29 is 0 Å². The highest BCUT2D eigenvalue weighted by Gasteiger charge is 2.62. The van der Waals surface area contributed by atoms with E-state index in [0.717, 1.165) is 0 Å². The van der Waals surface area contributed by atoms with Gasteiger partial charge in [0.15, 0.2) is 0 Å². The summed E-state index contributed by atoms with van der Waals surface area (Å²) in [6.45, 7) is 18.1. The third-order valence-corrected chi connectivity index (χ3v) is 20.6. The quantitative estimate of drug-likeness (QED) is 0.160. The van der Waals surface area contributed by atoms with Gasteiger partial charge in [0.05, 0.1) is 19.2 Å². The first kappa shape index (κ1) is 40.5. The van der Waals surface area contributed by atoms with Crippen molar-refractivity contribution in [1.29, 1.82) is 0 Å². The third-order valence-electron chi connectivity index (χ3n) is 18.5. The Morgan fingerprint density at radius 1 is 0.439 bits per heavy atom. The smallest absolute Gasteiger partial charge is 0.252 e. The molecule has 0 radical (unpaired) electrons. The van der Waals surface area contributed by atoms with Crippen molar-refractivity contribution in [2.45, 2.75) is 121 Å². The van der Waals surface area contributed by atoms with Crippen LogP contribution in [-0.2, 0) is 10.8 Å². The van der Waals surface area contributed by atoms with Gasteiger partial charge in [0, 0.05) is 50.6 Å². The van der Waals surface area contributed by atoms with Gasteiger partial charge in [0.1, 0.15) is 0 Å². The summed E-state index contributed by atoms with van der Waals surface area (Å²) in [7, 11) is -1.56. The zero-order valence-electron chi connectivity index (χ0n) is 40.0. The summed E-state index contributed by atoms with van der Waals surface area (Å²) in [6, 6.07) is 59.1. The minimum absolute atomic E-state index is 0.0378. The Kier molecular flexibility index (Phi) is 8.52. The van der Waals surface area contributed by atoms with Gasteiger partial charge in [-0.2, -0.15) is 0 Å². The Balaban J connectivity index is 1.12. The van der Waals surface area contributed by atoms with E-state index in [4.69, 9.17) is 0 Å². The number of para-hydroxylation sites is 1. The fourth-order valence-corrected chi connectivity index (χ4v) is 15.7. The van der Waals surface area contributed by atoms with Gasteiger partial charge in [-0.15, -0.1) is 0 Å². The zero-order chi connectivity index (χ0) is 45.0. The maximum Gasteiger partial charge on any atom is 0.252 e. The SMILES string of the molecule is CC12CCCCC1(C)N(c1cc3c4c(c1)N1c5c(cccc5C5(C)CCCCC15C)B4c1cc(-c4ccccc4)ccc1N3c1ccc(-c3ccccc3)cc1)c1ccc([Si](C)(C)C)cc12. The lowest BCUT2D eigenvalue weighted by Crippen LogP contribution is -2.64. The molecular weight excluding hydrogens is 814 g/mol. The molecule has 0 bridgehead atoms. The number of rotatable bonds is 5. The summed E-state index contributed by atoms with van der Waals surface area (Å²) in [5.41, 5.74) is 21.8. The molecule has 66 heavy (non-hydrogen) atoms. The Bertz CT molecular complexity index is 3120. The Labute approximate surface area is 394 Å². The number of fused-ring (bicyclic) bond motifs is 10. The van der Waals surface area contributed by atoms with Gasteiger partial charge in [-0.05, 0) is 126 Å². The Hall–Kier alpha value is -5.78. The van der Waals surface area contributed by atoms with E-state index in [0.29, 0.717) is 0 Å². The summed E-state index contributed by atoms with van der Waals surface area (Å²) in [5.74, 6) is 0. The van der Waals surface area contributed by atoms with E-state index in [2.05, 4.69) is 214 Å². The fourth-order valence-electron chi connectivity index (χ4n) is 14.5. The van der Waals surface area contributed by atoms with Crippen LogP contribution in [-0.4, -0.2) is 25.9 Å². The van der Waals surface area contributed by atoms with Crippen molar-refractivity contribution in [1.82, 2.24) is 0 Å². The van der Waals surface area contributed by atoms with Crippen molar-refractivity contribution in [2.75, 3.05) is 14.7 Å². The molecule has 0 spiro atoms. The molecule has 0 saturated heterocycles. The molecule has 5 heteroatoms. The number of anilines is 7. The van der Waals surface area contributed by atoms with Crippen LogP contribution in [0, 0.1) is 0 Å². The van der Waals surface area contributed by atoms with E-state index in [1.165, 1.54) is 130 Å². The van der Waals surface area contributed by atoms with E-state index in [-0.39, 0.29) is 28.6 Å². The average Bonchev–Trinajstić information content (AvgIpc) is 3.68. The summed E-state index contributed by atoms with van der Waals surface area (Å²) in [5, 5.41) is 1.57. The summed E-state index contributed by atoms with van der Waals surface area (Å²) in [6.07, 6.45) is 9.88. The Morgan fingerprint density at radius 2 is 1.02 bits per heavy atom. The second kappa shape index (κ2) is 13.9. The van der Waals surface area contributed by atoms with Crippen molar-refractivity contribution >= 4 is 76.2 Å². The van der Waals surface area contributed by atoms with Crippen molar-refractivity contribution in [3.8, 4) is 22.3 Å². The molecule has 6 aliphatic rings. The number of nitrogens with zero attached hydrogens (tertiary/aromatic N) is 3. The van der Waals surface area contributed by atoms with Crippen LogP contribution in [0.15, 0.2) is 152 Å². The van der Waals surface area contributed by atoms with Crippen LogP contribution in [0.2, 0.25) is 19.6 Å². The minimum atomic E-state index is -1.56. The van der Waals surface area contributed by atoms with Crippen LogP contribution in [0.3, 0.4) is 0 Å². The molecule has 4 atom stereocenters. The molecule has 0 aromatic heterocycles. The first-order chi connectivity index (χ1) is 31.8. The molecule has 4 unspecified atom stereocenters. The van der Waals surface area contributed by atoms with Crippen molar-refractivity contribution in [3.05, 3.63) is 163 Å². The molecule has 13 rings (SSSR count). The second-order valence-electron chi connectivity index (χ2n) is 22.7. The maximum atomic E-state index is 2.92. The summed E-state index contributed by atoms with van der Waals surface area (Å²) < 4.78 is 0. The predicted octanol–water partition coefficient (Wildman–Crippen LogP) is 13.7. The fraction of sp³-hybridized carbons (Fsp3) is 0.311. The number of benzene rings is 7. The molecule has 2 fully saturated rings. The standard InChI is InChI=1S/C61H62BN3Si/c1-58-33-14-17-36-61(58,4)65-55-39-46(64-52-32-30-47(66(5,6)7)40-49(52)59(2)34-15-16-35-60(59,64)3)38-54-56(55)62(50-24-18-23-48(58)57(50)65)51-37-44(42-21-12-9-13-22-42)27-31-53(51)63(54)45-28-25-43(26-29-45)41-19-10-8-11-20-41/h8-13,18-32,37-40H,14-17,33-36H2,1-7H3. The molecule has 0 amide bonds. The van der Waals surface area contributed by atoms with Gasteiger partial charge in [-0.3, -0.25) is 0 Å². The van der Waals surface area contributed by atoms with E-state index < -0.39 is 8.07 Å². The van der Waals surface area contributed by atoms with Gasteiger partial charge in [-0.25, -0.2) is 0 Å². The van der Waals surface area contributed by atoms with Crippen LogP contribution in [0.4, 0.5) is 39.8 Å². The zero-order valence-corrected chi connectivity index (χ0v) is 41.0. The van der Waals surface area contributed by atoms with Crippen LogP contribution < -0.4 is 36.3 Å². The van der Waals surface area contributed by atoms with Gasteiger partial charge in [0.25, 0.3) is 6.71 Å². The molecule has 2 saturated carbocycles. The predicted molar refractivity (Wildman–Crippen MR) is 285 cm³/mol. The average molecular weight is 876 g/mol. The van der Waals surface area contributed by atoms with Crippen molar-refractivity contribution in [3.63, 3.8) is 0 Å². The lowest BCUT2D eigenvalue weighted by atomic mass is 9.33. The molecule has 7 aromatic carbocycles. The van der Waals surface area contributed by atoms with Gasteiger partial charge in [-0.1, -0.05) is 180 Å². The summed E-state index contributed by atoms with van der Waals surface area (Å²) in [4.78, 5) is 8.44. The highest BCUT2D eigenvalue weighted by atomic mass is 28.3. The van der Waals surface area contributed by atoms with Gasteiger partial charge < -0.3 is 14.7 Å². The second-order valence-corrected chi connectivity index (χ2v) is 27.8. The maximum absolute atomic E-state index is 2.92. The monoisotopic (exact) mass is 875 g/mol. The van der Waals surface area contributed by atoms with E-state index in [9.17, 15) is 0 Å². The van der Waals surface area contributed by atoms with E-state index in [1.807, 2.05) is 0 Å². The van der Waals surface area contributed by atoms with Crippen LogP contribution in [0.1, 0.15) is 90.2 Å². The first-order valence-electron chi connectivity index (χ1n) is 25.1. The van der Waals surface area contributed by atoms with E-state index in [1.54, 1.807) is 16.3 Å². The topological polar surface area (TPSA) is 9.72 Å². The molecule has 4 heterocycles. The molecule has 3 nitrogen and oxygen atoms in total. The molecule has 0 N–H and O–H groups in total. The van der Waals surface area contributed by atoms with Gasteiger partial charge in [0.2, 0.25) is 0 Å².